The molecule has 0 bridgehead atoms. The maximum atomic E-state index is 5.17. The maximum Gasteiger partial charge on any atom is 0.159 e. The number of nitrogens with one attached hydrogen (secondary N) is 1. The Bertz CT molecular complexity index is 2670. The van der Waals surface area contributed by atoms with E-state index in [1.807, 2.05) is 24.3 Å². The zero-order chi connectivity index (χ0) is 38.1. The molecule has 1 fully saturated rings. The monoisotopic (exact) mass is 737 g/mol. The average Bonchev–Trinajstić information content (AvgIpc) is 3.67. The fourth-order valence-electron chi connectivity index (χ4n) is 11.0. The zero-order valence-electron chi connectivity index (χ0n) is 32.8. The number of allylic oxidation sites excluding steroid dienone is 4. The molecule has 0 radical (unpaired) electrons. The number of amidine groups is 2. The van der Waals surface area contributed by atoms with Gasteiger partial charge in [-0.15, -0.1) is 0 Å². The molecule has 0 aromatic heterocycles. The first-order valence-corrected chi connectivity index (χ1v) is 20.9. The zero-order valence-corrected chi connectivity index (χ0v) is 32.8. The maximum absolute atomic E-state index is 5.17. The highest BCUT2D eigenvalue weighted by atomic mass is 15.2. The van der Waals surface area contributed by atoms with E-state index in [0.29, 0.717) is 11.8 Å². The summed E-state index contributed by atoms with van der Waals surface area (Å²) in [4.78, 5) is 10.2. The first kappa shape index (κ1) is 34.2. The second kappa shape index (κ2) is 13.3. The van der Waals surface area contributed by atoms with Gasteiger partial charge in [-0.3, -0.25) is 0 Å². The molecule has 1 heterocycles. The number of hydrogen-bond acceptors (Lipinski definition) is 3. The minimum Gasteiger partial charge on any atom is -0.344 e. The van der Waals surface area contributed by atoms with Crippen LogP contribution in [-0.4, -0.2) is 11.7 Å². The van der Waals surface area contributed by atoms with E-state index >= 15 is 0 Å². The summed E-state index contributed by atoms with van der Waals surface area (Å²) in [6, 6.07) is 55.2. The molecule has 3 atom stereocenters. The van der Waals surface area contributed by atoms with Crippen LogP contribution in [0.5, 0.6) is 0 Å². The molecule has 6 aromatic carbocycles. The Morgan fingerprint density at radius 3 is 2.04 bits per heavy atom. The number of nitrogens with zero attached hydrogens (tertiary/aromatic N) is 2. The molecule has 1 N–H and O–H groups in total. The Hall–Kier alpha value is -6.06. The average molecular weight is 738 g/mol. The van der Waals surface area contributed by atoms with Gasteiger partial charge in [-0.1, -0.05) is 185 Å². The van der Waals surface area contributed by atoms with E-state index in [1.165, 1.54) is 76.6 Å². The molecular weight excluding hydrogens is 691 g/mol. The smallest absolute Gasteiger partial charge is 0.159 e. The van der Waals surface area contributed by atoms with E-state index < -0.39 is 0 Å². The SMILES string of the molecule is CC1(C)c2ccccc2C2C=C3C(=CC21)c1c(-c2cccc(-c4cccc(C5N=C(c6ccccc6)N=C(c6ccccc6)N5)c4)c2)cccc1C31CCCCC1. The predicted octanol–water partition coefficient (Wildman–Crippen LogP) is 12.7. The largest absolute Gasteiger partial charge is 0.344 e. The molecule has 11 rings (SSSR count). The lowest BCUT2D eigenvalue weighted by Gasteiger charge is -2.39. The fourth-order valence-corrected chi connectivity index (χ4v) is 11.0. The van der Waals surface area contributed by atoms with Crippen molar-refractivity contribution < 1.29 is 0 Å². The van der Waals surface area contributed by atoms with Crippen molar-refractivity contribution in [3.8, 4) is 22.3 Å². The highest BCUT2D eigenvalue weighted by molar-refractivity contribution is 6.13. The van der Waals surface area contributed by atoms with Gasteiger partial charge in [-0.2, -0.15) is 0 Å². The van der Waals surface area contributed by atoms with E-state index in [1.54, 1.807) is 11.1 Å². The molecule has 1 saturated carbocycles. The number of hydrogen-bond donors (Lipinski definition) is 1. The van der Waals surface area contributed by atoms with Gasteiger partial charge in [0.15, 0.2) is 5.84 Å². The fraction of sp³-hybridized carbons (Fsp3) is 0.222. The van der Waals surface area contributed by atoms with Gasteiger partial charge in [0.1, 0.15) is 12.0 Å². The van der Waals surface area contributed by atoms with E-state index in [0.717, 1.165) is 28.4 Å². The Morgan fingerprint density at radius 2 is 1.23 bits per heavy atom. The third-order valence-corrected chi connectivity index (χ3v) is 13.8. The van der Waals surface area contributed by atoms with Crippen molar-refractivity contribution >= 4 is 17.2 Å². The van der Waals surface area contributed by atoms with Crippen molar-refractivity contribution in [2.24, 2.45) is 15.9 Å². The second-order valence-electron chi connectivity index (χ2n) is 17.3. The molecule has 1 spiro atoms. The van der Waals surface area contributed by atoms with Gasteiger partial charge in [-0.05, 0) is 97.5 Å². The lowest BCUT2D eigenvalue weighted by Crippen LogP contribution is -2.33. The highest BCUT2D eigenvalue weighted by Crippen LogP contribution is 2.64. The Balaban J connectivity index is 0.992. The van der Waals surface area contributed by atoms with Crippen molar-refractivity contribution in [1.82, 2.24) is 5.32 Å². The van der Waals surface area contributed by atoms with Crippen LogP contribution in [0, 0.1) is 5.92 Å². The standard InChI is InChI=1S/C54H47N3/c1-53(2)45-27-11-10-25-42(45)43-33-48-44(34-47(43)53)49-41(26-16-28-46(49)54(48)29-12-5-13-30-54)39-23-14-21-37(31-39)38-22-15-24-40(32-38)52-56-50(35-17-6-3-7-18-35)55-51(57-52)36-19-8-4-9-20-36/h3-4,6-11,14-28,31-34,43,47,52H,5,12-13,29-30H2,1-2H3,(H,55,56,57). The minimum atomic E-state index is -0.279. The Kier molecular flexibility index (Phi) is 7.96. The second-order valence-corrected chi connectivity index (χ2v) is 17.3. The van der Waals surface area contributed by atoms with Crippen LogP contribution in [0.4, 0.5) is 0 Å². The van der Waals surface area contributed by atoms with Gasteiger partial charge in [0.05, 0.1) is 0 Å². The van der Waals surface area contributed by atoms with Gasteiger partial charge in [-0.25, -0.2) is 9.98 Å². The van der Waals surface area contributed by atoms with Crippen molar-refractivity contribution in [2.75, 3.05) is 0 Å². The Morgan fingerprint density at radius 1 is 0.579 bits per heavy atom. The van der Waals surface area contributed by atoms with E-state index in [-0.39, 0.29) is 17.0 Å². The van der Waals surface area contributed by atoms with E-state index in [4.69, 9.17) is 9.98 Å². The summed E-state index contributed by atoms with van der Waals surface area (Å²) in [5.41, 5.74) is 17.5. The summed E-state index contributed by atoms with van der Waals surface area (Å²) < 4.78 is 0. The molecule has 6 aromatic rings. The number of benzene rings is 6. The number of aliphatic imine (C=N–C) groups is 2. The third-order valence-electron chi connectivity index (χ3n) is 13.8. The summed E-state index contributed by atoms with van der Waals surface area (Å²) in [6.45, 7) is 4.93. The van der Waals surface area contributed by atoms with Crippen LogP contribution in [0.25, 0.3) is 27.8 Å². The summed E-state index contributed by atoms with van der Waals surface area (Å²) >= 11 is 0. The molecule has 0 amide bonds. The van der Waals surface area contributed by atoms with Crippen LogP contribution < -0.4 is 5.32 Å². The molecule has 3 heteroatoms. The third kappa shape index (κ3) is 5.46. The van der Waals surface area contributed by atoms with Crippen LogP contribution in [0.3, 0.4) is 0 Å². The quantitative estimate of drug-likeness (QED) is 0.188. The Labute approximate surface area is 336 Å². The summed E-state index contributed by atoms with van der Waals surface area (Å²) in [6.07, 6.45) is 11.6. The van der Waals surface area contributed by atoms with Crippen LogP contribution in [0.15, 0.2) is 179 Å². The highest BCUT2D eigenvalue weighted by Gasteiger charge is 2.53. The van der Waals surface area contributed by atoms with Crippen LogP contribution in [0.2, 0.25) is 0 Å². The molecule has 278 valence electrons. The summed E-state index contributed by atoms with van der Waals surface area (Å²) in [5.74, 6) is 2.44. The van der Waals surface area contributed by atoms with Gasteiger partial charge in [0, 0.05) is 22.5 Å². The molecular formula is C54H47N3. The number of rotatable bonds is 5. The first-order chi connectivity index (χ1) is 28.0. The lowest BCUT2D eigenvalue weighted by atomic mass is 9.64. The van der Waals surface area contributed by atoms with Gasteiger partial charge in [0.2, 0.25) is 0 Å². The van der Waals surface area contributed by atoms with Crippen molar-refractivity contribution in [3.63, 3.8) is 0 Å². The molecule has 5 aliphatic rings. The topological polar surface area (TPSA) is 36.8 Å². The van der Waals surface area contributed by atoms with Gasteiger partial charge >= 0.3 is 0 Å². The van der Waals surface area contributed by atoms with Gasteiger partial charge in [0.25, 0.3) is 0 Å². The van der Waals surface area contributed by atoms with E-state index in [9.17, 15) is 0 Å². The molecule has 0 saturated heterocycles. The van der Waals surface area contributed by atoms with Crippen LogP contribution in [0.1, 0.15) is 97.0 Å². The normalized spacial score (nSPS) is 22.2. The van der Waals surface area contributed by atoms with Crippen molar-refractivity contribution in [1.29, 1.82) is 0 Å². The molecule has 1 aliphatic heterocycles. The minimum absolute atomic E-state index is 0.0749. The van der Waals surface area contributed by atoms with Gasteiger partial charge < -0.3 is 5.32 Å². The summed E-state index contributed by atoms with van der Waals surface area (Å²) in [5, 5.41) is 3.66. The molecule has 57 heavy (non-hydrogen) atoms. The van der Waals surface area contributed by atoms with Crippen molar-refractivity contribution in [2.45, 2.75) is 68.9 Å². The van der Waals surface area contributed by atoms with Crippen molar-refractivity contribution in [3.05, 3.63) is 208 Å². The van der Waals surface area contributed by atoms with E-state index in [2.05, 4.69) is 159 Å². The summed E-state index contributed by atoms with van der Waals surface area (Å²) in [7, 11) is 0. The molecule has 3 unspecified atom stereocenters. The van der Waals surface area contributed by atoms with Crippen LogP contribution >= 0.6 is 0 Å². The van der Waals surface area contributed by atoms with Crippen LogP contribution in [-0.2, 0) is 10.8 Å². The lowest BCUT2D eigenvalue weighted by molar-refractivity contribution is 0.345. The molecule has 4 aliphatic carbocycles. The first-order valence-electron chi connectivity index (χ1n) is 20.9. The predicted molar refractivity (Wildman–Crippen MR) is 236 cm³/mol. The number of fused-ring (bicyclic) bond motifs is 8. The molecule has 3 nitrogen and oxygen atoms in total.